The summed E-state index contributed by atoms with van der Waals surface area (Å²) in [7, 11) is 1.61. The molecule has 0 amide bonds. The smallest absolute Gasteiger partial charge is 0.213 e. The molecule has 0 aliphatic carbocycles. The topological polar surface area (TPSA) is 52.6 Å². The Labute approximate surface area is 142 Å². The van der Waals surface area contributed by atoms with Crippen molar-refractivity contribution >= 4 is 12.4 Å². The van der Waals surface area contributed by atoms with E-state index < -0.39 is 0 Å². The average molecular weight is 337 g/mol. The summed E-state index contributed by atoms with van der Waals surface area (Å²) in [6.45, 7) is 2.91. The summed E-state index contributed by atoms with van der Waals surface area (Å²) >= 11 is 0. The Balaban J connectivity index is 0.00000192. The predicted octanol–water partition coefficient (Wildman–Crippen LogP) is 2.62. The Morgan fingerprint density at radius 3 is 2.65 bits per heavy atom. The minimum absolute atomic E-state index is 0. The first-order chi connectivity index (χ1) is 10.8. The van der Waals surface area contributed by atoms with Gasteiger partial charge in [-0.3, -0.25) is 0 Å². The van der Waals surface area contributed by atoms with Gasteiger partial charge in [0.15, 0.2) is 0 Å². The van der Waals surface area contributed by atoms with Crippen LogP contribution in [-0.2, 0) is 13.0 Å². The maximum atomic E-state index is 5.73. The van der Waals surface area contributed by atoms with Gasteiger partial charge >= 0.3 is 0 Å². The lowest BCUT2D eigenvalue weighted by Crippen LogP contribution is -2.23. The first-order valence-corrected chi connectivity index (χ1v) is 7.43. The van der Waals surface area contributed by atoms with Crippen LogP contribution in [0.1, 0.15) is 11.1 Å². The molecule has 5 nitrogen and oxygen atoms in total. The predicted molar refractivity (Wildman–Crippen MR) is 90.9 cm³/mol. The molecule has 0 radical (unpaired) electrons. The quantitative estimate of drug-likeness (QED) is 0.822. The van der Waals surface area contributed by atoms with E-state index in [4.69, 9.17) is 14.2 Å². The third-order valence-electron chi connectivity index (χ3n) is 3.61. The molecule has 0 fully saturated rings. The lowest BCUT2D eigenvalue weighted by atomic mass is 10.0. The normalized spacial score (nSPS) is 12.7. The molecule has 0 saturated carbocycles. The number of nitrogens with zero attached hydrogens (tertiary/aromatic N) is 1. The average Bonchev–Trinajstić information content (AvgIpc) is 2.59. The Morgan fingerprint density at radius 2 is 1.87 bits per heavy atom. The fourth-order valence-corrected chi connectivity index (χ4v) is 2.43. The number of aromatic nitrogens is 1. The van der Waals surface area contributed by atoms with E-state index >= 15 is 0 Å². The second kappa shape index (κ2) is 8.60. The molecule has 124 valence electrons. The molecule has 0 saturated heterocycles. The third kappa shape index (κ3) is 4.74. The van der Waals surface area contributed by atoms with Crippen LogP contribution in [0.3, 0.4) is 0 Å². The van der Waals surface area contributed by atoms with Crippen LogP contribution in [-0.4, -0.2) is 31.9 Å². The molecule has 0 bridgehead atoms. The molecule has 6 heteroatoms. The Bertz CT molecular complexity index is 620. The van der Waals surface area contributed by atoms with Crippen LogP contribution in [0.5, 0.6) is 17.4 Å². The van der Waals surface area contributed by atoms with E-state index in [0.717, 1.165) is 25.3 Å². The number of benzene rings is 1. The van der Waals surface area contributed by atoms with E-state index in [9.17, 15) is 0 Å². The molecule has 0 atom stereocenters. The van der Waals surface area contributed by atoms with Gasteiger partial charge in [0.25, 0.3) is 0 Å². The zero-order valence-electron chi connectivity index (χ0n) is 13.1. The zero-order chi connectivity index (χ0) is 15.2. The van der Waals surface area contributed by atoms with Gasteiger partial charge in [-0.2, -0.15) is 0 Å². The van der Waals surface area contributed by atoms with Gasteiger partial charge < -0.3 is 19.5 Å². The van der Waals surface area contributed by atoms with E-state index in [2.05, 4.69) is 22.4 Å². The van der Waals surface area contributed by atoms with Crippen molar-refractivity contribution in [3.8, 4) is 17.4 Å². The lowest BCUT2D eigenvalue weighted by molar-refractivity contribution is 0.211. The highest BCUT2D eigenvalue weighted by Gasteiger charge is 2.09. The number of ether oxygens (including phenoxy) is 3. The van der Waals surface area contributed by atoms with Crippen LogP contribution >= 0.6 is 12.4 Å². The van der Waals surface area contributed by atoms with Crippen molar-refractivity contribution in [3.05, 3.63) is 47.7 Å². The first kappa shape index (κ1) is 17.4. The minimum atomic E-state index is 0. The third-order valence-corrected chi connectivity index (χ3v) is 3.61. The van der Waals surface area contributed by atoms with Gasteiger partial charge in [0, 0.05) is 12.6 Å². The summed E-state index contributed by atoms with van der Waals surface area (Å²) in [6, 6.07) is 9.88. The van der Waals surface area contributed by atoms with E-state index in [0.29, 0.717) is 24.8 Å². The fourth-order valence-electron chi connectivity index (χ4n) is 2.43. The maximum Gasteiger partial charge on any atom is 0.213 e. The Hall–Kier alpha value is -1.98. The molecule has 1 aromatic carbocycles. The number of fused-ring (bicyclic) bond motifs is 1. The number of rotatable bonds is 6. The van der Waals surface area contributed by atoms with Gasteiger partial charge in [-0.15, -0.1) is 12.4 Å². The molecule has 3 rings (SSSR count). The van der Waals surface area contributed by atoms with Gasteiger partial charge in [-0.25, -0.2) is 4.98 Å². The van der Waals surface area contributed by atoms with E-state index in [1.165, 1.54) is 11.1 Å². The molecular weight excluding hydrogens is 316 g/mol. The zero-order valence-corrected chi connectivity index (χ0v) is 13.9. The van der Waals surface area contributed by atoms with Crippen molar-refractivity contribution in [2.24, 2.45) is 0 Å². The summed E-state index contributed by atoms with van der Waals surface area (Å²) in [6.07, 6.45) is 2.72. The maximum absolute atomic E-state index is 5.73. The highest BCUT2D eigenvalue weighted by molar-refractivity contribution is 5.85. The number of halogens is 1. The second-order valence-electron chi connectivity index (χ2n) is 5.09. The molecule has 1 aliphatic heterocycles. The molecule has 1 aromatic heterocycles. The van der Waals surface area contributed by atoms with Crippen LogP contribution in [0.25, 0.3) is 0 Å². The highest BCUT2D eigenvalue weighted by Crippen LogP contribution is 2.20. The number of hydrogen-bond acceptors (Lipinski definition) is 5. The summed E-state index contributed by atoms with van der Waals surface area (Å²) < 4.78 is 16.3. The Kier molecular flexibility index (Phi) is 6.50. The van der Waals surface area contributed by atoms with Crippen molar-refractivity contribution in [2.45, 2.75) is 13.0 Å². The number of pyridine rings is 1. The first-order valence-electron chi connectivity index (χ1n) is 7.43. The molecular formula is C17H21ClN2O3. The van der Waals surface area contributed by atoms with E-state index in [1.807, 2.05) is 12.1 Å². The number of nitrogens with one attached hydrogen (secondary N) is 1. The standard InChI is InChI=1S/C17H20N2O3.ClH/c1-20-16-4-5-17(19-12-16)22-9-8-21-15-3-2-13-6-7-18-11-14(13)10-15;/h2-5,10,12,18H,6-9,11H2,1H3;1H. The van der Waals surface area contributed by atoms with Gasteiger partial charge in [0.05, 0.1) is 13.3 Å². The van der Waals surface area contributed by atoms with Crippen LogP contribution in [0.4, 0.5) is 0 Å². The number of methoxy groups -OCH3 is 1. The van der Waals surface area contributed by atoms with Crippen molar-refractivity contribution in [3.63, 3.8) is 0 Å². The summed E-state index contributed by atoms with van der Waals surface area (Å²) in [5, 5.41) is 3.37. The van der Waals surface area contributed by atoms with E-state index in [-0.39, 0.29) is 12.4 Å². The molecule has 0 spiro atoms. The molecule has 23 heavy (non-hydrogen) atoms. The van der Waals surface area contributed by atoms with Crippen LogP contribution in [0.2, 0.25) is 0 Å². The monoisotopic (exact) mass is 336 g/mol. The van der Waals surface area contributed by atoms with E-state index in [1.54, 1.807) is 19.4 Å². The number of hydrogen-bond donors (Lipinski definition) is 1. The van der Waals surface area contributed by atoms with Crippen LogP contribution in [0.15, 0.2) is 36.5 Å². The highest BCUT2D eigenvalue weighted by atomic mass is 35.5. The molecule has 1 aliphatic rings. The van der Waals surface area contributed by atoms with Crippen molar-refractivity contribution < 1.29 is 14.2 Å². The molecule has 2 heterocycles. The second-order valence-corrected chi connectivity index (χ2v) is 5.09. The molecule has 1 N–H and O–H groups in total. The summed E-state index contributed by atoms with van der Waals surface area (Å²) in [5.41, 5.74) is 2.73. The fraction of sp³-hybridized carbons (Fsp3) is 0.353. The summed E-state index contributed by atoms with van der Waals surface area (Å²) in [5.74, 6) is 2.17. The van der Waals surface area contributed by atoms with Crippen LogP contribution < -0.4 is 19.5 Å². The van der Waals surface area contributed by atoms with Crippen LogP contribution in [0, 0.1) is 0 Å². The lowest BCUT2D eigenvalue weighted by Gasteiger charge is -2.18. The molecule has 0 unspecified atom stereocenters. The minimum Gasteiger partial charge on any atom is -0.495 e. The SMILES string of the molecule is COc1ccc(OCCOc2ccc3c(c2)CNCC3)nc1.Cl. The summed E-state index contributed by atoms with van der Waals surface area (Å²) in [4.78, 5) is 4.14. The van der Waals surface area contributed by atoms with Gasteiger partial charge in [0.2, 0.25) is 5.88 Å². The largest absolute Gasteiger partial charge is 0.495 e. The van der Waals surface area contributed by atoms with Crippen molar-refractivity contribution in [1.82, 2.24) is 10.3 Å². The Morgan fingerprint density at radius 1 is 1.04 bits per heavy atom. The van der Waals surface area contributed by atoms with Crippen molar-refractivity contribution in [1.29, 1.82) is 0 Å². The molecule has 2 aromatic rings. The van der Waals surface area contributed by atoms with Crippen molar-refractivity contribution in [2.75, 3.05) is 26.9 Å². The van der Waals surface area contributed by atoms with Gasteiger partial charge in [0.1, 0.15) is 24.7 Å². The van der Waals surface area contributed by atoms with Gasteiger partial charge in [-0.05, 0) is 42.3 Å². The van der Waals surface area contributed by atoms with Gasteiger partial charge in [-0.1, -0.05) is 6.07 Å².